The van der Waals surface area contributed by atoms with Gasteiger partial charge in [-0.2, -0.15) is 0 Å². The first-order valence-corrected chi connectivity index (χ1v) is 4.78. The van der Waals surface area contributed by atoms with Gasteiger partial charge in [0.05, 0.1) is 6.10 Å². The van der Waals surface area contributed by atoms with Gasteiger partial charge in [-0.15, -0.1) is 0 Å². The van der Waals surface area contributed by atoms with E-state index in [0.29, 0.717) is 0 Å². The molecule has 1 unspecified atom stereocenters. The van der Waals surface area contributed by atoms with E-state index >= 15 is 0 Å². The second-order valence-corrected chi connectivity index (χ2v) is 3.08. The zero-order valence-electron chi connectivity index (χ0n) is 7.79. The topological polar surface area (TPSA) is 9.23 Å². The van der Waals surface area contributed by atoms with Crippen LogP contribution in [0.15, 0.2) is 30.8 Å². The standard InChI is InChI=1S/C11H13OSi/c1-3-9-7-5-6-8-10(9)11(4-2)12-13/h3,5-8,11H,1,4H2,2H3. The van der Waals surface area contributed by atoms with Crippen molar-refractivity contribution in [3.05, 3.63) is 42.0 Å². The fourth-order valence-electron chi connectivity index (χ4n) is 1.36. The van der Waals surface area contributed by atoms with Crippen LogP contribution < -0.4 is 0 Å². The van der Waals surface area contributed by atoms with Crippen LogP contribution in [0.25, 0.3) is 6.08 Å². The molecule has 0 bridgehead atoms. The quantitative estimate of drug-likeness (QED) is 0.662. The molecule has 0 aliphatic rings. The van der Waals surface area contributed by atoms with E-state index in [4.69, 9.17) is 4.43 Å². The monoisotopic (exact) mass is 189 g/mol. The second-order valence-electron chi connectivity index (χ2n) is 2.85. The summed E-state index contributed by atoms with van der Waals surface area (Å²) in [4.78, 5) is 0. The van der Waals surface area contributed by atoms with Crippen LogP contribution in [0.2, 0.25) is 0 Å². The molecule has 0 saturated heterocycles. The Balaban J connectivity index is 3.03. The lowest BCUT2D eigenvalue weighted by Crippen LogP contribution is -2.02. The number of hydrogen-bond donors (Lipinski definition) is 0. The third-order valence-corrected chi connectivity index (χ3v) is 2.36. The summed E-state index contributed by atoms with van der Waals surface area (Å²) >= 11 is 0. The normalized spacial score (nSPS) is 12.5. The molecule has 0 aromatic heterocycles. The summed E-state index contributed by atoms with van der Waals surface area (Å²) in [6, 6.07) is 8.11. The SMILES string of the molecule is C=Cc1ccccc1C(CC)O[Si]. The van der Waals surface area contributed by atoms with Crippen molar-refractivity contribution in [3.8, 4) is 0 Å². The maximum Gasteiger partial charge on any atom is 0.247 e. The number of rotatable bonds is 4. The van der Waals surface area contributed by atoms with E-state index in [-0.39, 0.29) is 6.10 Å². The van der Waals surface area contributed by atoms with E-state index in [1.54, 1.807) is 0 Å². The molecule has 0 fully saturated rings. The molecular formula is C11H13OSi. The molecule has 0 aliphatic heterocycles. The second kappa shape index (κ2) is 4.99. The smallest absolute Gasteiger partial charge is 0.247 e. The van der Waals surface area contributed by atoms with Gasteiger partial charge >= 0.3 is 0 Å². The van der Waals surface area contributed by atoms with Crippen LogP contribution in [0, 0.1) is 0 Å². The fourth-order valence-corrected chi connectivity index (χ4v) is 1.65. The van der Waals surface area contributed by atoms with Crippen molar-refractivity contribution in [2.75, 3.05) is 0 Å². The molecule has 1 atom stereocenters. The fraction of sp³-hybridized carbons (Fsp3) is 0.273. The summed E-state index contributed by atoms with van der Waals surface area (Å²) in [6.07, 6.45) is 2.89. The molecule has 0 saturated carbocycles. The summed E-state index contributed by atoms with van der Waals surface area (Å²) in [5.41, 5.74) is 2.31. The average Bonchev–Trinajstić information content (AvgIpc) is 2.20. The summed E-state index contributed by atoms with van der Waals surface area (Å²) in [5, 5.41) is 0. The Morgan fingerprint density at radius 1 is 1.54 bits per heavy atom. The molecule has 2 heteroatoms. The van der Waals surface area contributed by atoms with Gasteiger partial charge in [0.15, 0.2) is 0 Å². The number of benzene rings is 1. The van der Waals surface area contributed by atoms with Crippen molar-refractivity contribution < 1.29 is 4.43 Å². The minimum absolute atomic E-state index is 0.103. The van der Waals surface area contributed by atoms with Crippen molar-refractivity contribution in [3.63, 3.8) is 0 Å². The van der Waals surface area contributed by atoms with Gasteiger partial charge in [0.1, 0.15) is 0 Å². The molecule has 0 N–H and O–H groups in total. The minimum Gasteiger partial charge on any atom is -0.412 e. The summed E-state index contributed by atoms with van der Waals surface area (Å²) in [6.45, 7) is 5.86. The first-order valence-electron chi connectivity index (χ1n) is 4.37. The molecule has 1 rings (SSSR count). The van der Waals surface area contributed by atoms with Crippen LogP contribution in [0.4, 0.5) is 0 Å². The van der Waals surface area contributed by atoms with E-state index in [1.807, 2.05) is 24.3 Å². The van der Waals surface area contributed by atoms with Gasteiger partial charge in [0.25, 0.3) is 0 Å². The molecule has 1 aromatic rings. The zero-order valence-corrected chi connectivity index (χ0v) is 8.79. The maximum atomic E-state index is 5.19. The Morgan fingerprint density at radius 3 is 2.77 bits per heavy atom. The molecule has 0 heterocycles. The summed E-state index contributed by atoms with van der Waals surface area (Å²) in [7, 11) is 3.09. The van der Waals surface area contributed by atoms with Crippen molar-refractivity contribution in [2.24, 2.45) is 0 Å². The lowest BCUT2D eigenvalue weighted by Gasteiger charge is -2.15. The average molecular weight is 189 g/mol. The van der Waals surface area contributed by atoms with Crippen LogP contribution in [-0.4, -0.2) is 10.5 Å². The highest BCUT2D eigenvalue weighted by Crippen LogP contribution is 2.23. The van der Waals surface area contributed by atoms with Crippen molar-refractivity contribution >= 4 is 16.6 Å². The van der Waals surface area contributed by atoms with Crippen molar-refractivity contribution in [2.45, 2.75) is 19.4 Å². The van der Waals surface area contributed by atoms with Crippen molar-refractivity contribution in [1.29, 1.82) is 0 Å². The first-order chi connectivity index (χ1) is 6.33. The molecule has 13 heavy (non-hydrogen) atoms. The van der Waals surface area contributed by atoms with Gasteiger partial charge in [-0.25, -0.2) is 0 Å². The van der Waals surface area contributed by atoms with E-state index in [0.717, 1.165) is 12.0 Å². The van der Waals surface area contributed by atoms with Gasteiger partial charge in [-0.3, -0.25) is 0 Å². The largest absolute Gasteiger partial charge is 0.412 e. The van der Waals surface area contributed by atoms with Gasteiger partial charge in [-0.1, -0.05) is 43.8 Å². The predicted octanol–water partition coefficient (Wildman–Crippen LogP) is 2.88. The molecule has 3 radical (unpaired) electrons. The number of hydrogen-bond acceptors (Lipinski definition) is 1. The third-order valence-electron chi connectivity index (χ3n) is 2.08. The predicted molar refractivity (Wildman–Crippen MR) is 56.4 cm³/mol. The van der Waals surface area contributed by atoms with Crippen LogP contribution in [0.1, 0.15) is 30.6 Å². The van der Waals surface area contributed by atoms with Crippen LogP contribution in [-0.2, 0) is 4.43 Å². The highest BCUT2D eigenvalue weighted by Gasteiger charge is 2.09. The van der Waals surface area contributed by atoms with Crippen LogP contribution >= 0.6 is 0 Å². The van der Waals surface area contributed by atoms with Crippen LogP contribution in [0.5, 0.6) is 0 Å². The van der Waals surface area contributed by atoms with E-state index < -0.39 is 0 Å². The zero-order chi connectivity index (χ0) is 9.68. The highest BCUT2D eigenvalue weighted by molar-refractivity contribution is 5.98. The maximum absolute atomic E-state index is 5.19. The molecule has 1 nitrogen and oxygen atoms in total. The van der Waals surface area contributed by atoms with Gasteiger partial charge in [-0.05, 0) is 17.5 Å². The highest BCUT2D eigenvalue weighted by atomic mass is 28.2. The summed E-state index contributed by atoms with van der Waals surface area (Å²) in [5.74, 6) is 0. The van der Waals surface area contributed by atoms with E-state index in [1.165, 1.54) is 5.56 Å². The van der Waals surface area contributed by atoms with Gasteiger partial charge in [0, 0.05) is 0 Å². The molecule has 0 spiro atoms. The van der Waals surface area contributed by atoms with Gasteiger partial charge < -0.3 is 4.43 Å². The van der Waals surface area contributed by atoms with Crippen LogP contribution in [0.3, 0.4) is 0 Å². The molecule has 67 valence electrons. The Kier molecular flexibility index (Phi) is 3.93. The third kappa shape index (κ3) is 2.29. The first kappa shape index (κ1) is 10.2. The van der Waals surface area contributed by atoms with E-state index in [2.05, 4.69) is 30.1 Å². The molecule has 0 amide bonds. The lowest BCUT2D eigenvalue weighted by molar-refractivity contribution is 0.222. The lowest BCUT2D eigenvalue weighted by atomic mass is 10.0. The Hall–Kier alpha value is -0.863. The Bertz CT molecular complexity index is 279. The molecule has 1 aromatic carbocycles. The van der Waals surface area contributed by atoms with E-state index in [9.17, 15) is 0 Å². The molecule has 0 aliphatic carbocycles. The Morgan fingerprint density at radius 2 is 2.23 bits per heavy atom. The molecular weight excluding hydrogens is 176 g/mol. The minimum atomic E-state index is 0.103. The van der Waals surface area contributed by atoms with Crippen molar-refractivity contribution in [1.82, 2.24) is 0 Å². The summed E-state index contributed by atoms with van der Waals surface area (Å²) < 4.78 is 5.19. The Labute approximate surface area is 83.0 Å². The van der Waals surface area contributed by atoms with Gasteiger partial charge in [0.2, 0.25) is 10.5 Å².